The number of nitrogens with zero attached hydrogens (tertiary/aromatic N) is 1. The molecular weight excluding hydrogens is 708 g/mol. The van der Waals surface area contributed by atoms with Crippen LogP contribution in [0.1, 0.15) is 86.3 Å². The minimum Gasteiger partial charge on any atom is -0.463 e. The highest BCUT2D eigenvalue weighted by molar-refractivity contribution is 5.99. The number of ether oxygens (including phenoxy) is 4. The number of cyclic esters (lactones) is 1. The van der Waals surface area contributed by atoms with Crippen molar-refractivity contribution in [1.29, 1.82) is 0 Å². The van der Waals surface area contributed by atoms with Gasteiger partial charge >= 0.3 is 24.5 Å². The molecule has 0 spiro atoms. The van der Waals surface area contributed by atoms with Gasteiger partial charge in [-0.3, -0.25) is 0 Å². The second-order valence-electron chi connectivity index (χ2n) is 13.5. The molecule has 1 atom stereocenters. The number of amides is 3. The molecule has 0 saturated carbocycles. The van der Waals surface area contributed by atoms with Gasteiger partial charge in [-0.2, -0.15) is 26.3 Å². The molecule has 0 aromatic heterocycles. The average Bonchev–Trinajstić information content (AvgIpc) is 3.45. The van der Waals surface area contributed by atoms with E-state index in [1.54, 1.807) is 23.1 Å². The Labute approximate surface area is 303 Å². The van der Waals surface area contributed by atoms with Crippen LogP contribution in [0.5, 0.6) is 5.75 Å². The van der Waals surface area contributed by atoms with E-state index in [9.17, 15) is 35.9 Å². The van der Waals surface area contributed by atoms with Gasteiger partial charge in [0.2, 0.25) is 5.79 Å². The fraction of sp³-hybridized carbons (Fsp3) is 0.474. The number of anilines is 2. The number of halogens is 6. The van der Waals surface area contributed by atoms with Crippen LogP contribution in [0, 0.1) is 0 Å². The van der Waals surface area contributed by atoms with Crippen LogP contribution >= 0.6 is 0 Å². The Kier molecular flexibility index (Phi) is 12.8. The third-order valence-electron chi connectivity index (χ3n) is 8.78. The number of rotatable bonds is 15. The Morgan fingerprint density at radius 1 is 0.849 bits per heavy atom. The number of fused-ring (bicyclic) bond motifs is 1. The molecule has 0 unspecified atom stereocenters. The second-order valence-corrected chi connectivity index (χ2v) is 13.5. The zero-order valence-corrected chi connectivity index (χ0v) is 29.5. The van der Waals surface area contributed by atoms with Crippen molar-refractivity contribution < 1.29 is 54.9 Å². The number of urea groups is 1. The van der Waals surface area contributed by atoms with Crippen molar-refractivity contribution in [2.24, 2.45) is 0 Å². The van der Waals surface area contributed by atoms with E-state index >= 15 is 0 Å². The molecule has 0 radical (unpaired) electrons. The van der Waals surface area contributed by atoms with Crippen molar-refractivity contribution in [3.63, 3.8) is 0 Å². The summed E-state index contributed by atoms with van der Waals surface area (Å²) >= 11 is 0. The number of aryl methyl sites for hydroxylation is 1. The molecule has 9 nitrogen and oxygen atoms in total. The molecule has 0 aliphatic carbocycles. The summed E-state index contributed by atoms with van der Waals surface area (Å²) in [6, 6.07) is 12.5. The molecule has 15 heteroatoms. The van der Waals surface area contributed by atoms with Crippen LogP contribution in [0.25, 0.3) is 0 Å². The molecular formula is C38H43F6N3O6. The largest absolute Gasteiger partial charge is 0.463 e. The third-order valence-corrected chi connectivity index (χ3v) is 8.78. The lowest BCUT2D eigenvalue weighted by molar-refractivity contribution is -0.180. The summed E-state index contributed by atoms with van der Waals surface area (Å²) in [6.07, 6.45) is -4.71. The van der Waals surface area contributed by atoms with E-state index in [0.29, 0.717) is 57.2 Å². The normalized spacial score (nSPS) is 16.9. The predicted molar refractivity (Wildman–Crippen MR) is 184 cm³/mol. The van der Waals surface area contributed by atoms with E-state index in [2.05, 4.69) is 10.6 Å². The number of carbonyl (C=O) groups excluding carboxylic acids is 2. The molecule has 2 heterocycles. The van der Waals surface area contributed by atoms with Gasteiger partial charge in [0.1, 0.15) is 11.9 Å². The number of nitrogens with one attached hydrogen (secondary N) is 2. The fourth-order valence-electron chi connectivity index (χ4n) is 6.04. The molecule has 3 aromatic rings. The quantitative estimate of drug-likeness (QED) is 0.119. The van der Waals surface area contributed by atoms with E-state index in [4.69, 9.17) is 18.9 Å². The van der Waals surface area contributed by atoms with Gasteiger partial charge in [-0.25, -0.2) is 9.59 Å². The maximum absolute atomic E-state index is 13.1. The Balaban J connectivity index is 0.926. The summed E-state index contributed by atoms with van der Waals surface area (Å²) < 4.78 is 102. The van der Waals surface area contributed by atoms with E-state index in [-0.39, 0.29) is 18.3 Å². The molecule has 2 aliphatic heterocycles. The van der Waals surface area contributed by atoms with Crippen LogP contribution in [-0.2, 0) is 39.6 Å². The van der Waals surface area contributed by atoms with Gasteiger partial charge < -0.3 is 34.5 Å². The third kappa shape index (κ3) is 11.7. The van der Waals surface area contributed by atoms with Crippen molar-refractivity contribution in [2.75, 3.05) is 36.9 Å². The van der Waals surface area contributed by atoms with Crippen LogP contribution in [0.2, 0.25) is 0 Å². The molecule has 1 saturated heterocycles. The molecule has 2 N–H and O–H groups in total. The highest BCUT2D eigenvalue weighted by Crippen LogP contribution is 2.38. The summed E-state index contributed by atoms with van der Waals surface area (Å²) in [5.74, 6) is 0.108. The minimum absolute atomic E-state index is 0.00407. The molecule has 3 aromatic carbocycles. The maximum atomic E-state index is 13.1. The molecule has 53 heavy (non-hydrogen) atoms. The fourth-order valence-corrected chi connectivity index (χ4v) is 6.04. The number of hydrogen-bond donors (Lipinski definition) is 2. The summed E-state index contributed by atoms with van der Waals surface area (Å²) in [5.41, 5.74) is -0.597. The van der Waals surface area contributed by atoms with Crippen molar-refractivity contribution in [2.45, 2.75) is 89.6 Å². The Morgan fingerprint density at radius 3 is 2.25 bits per heavy atom. The van der Waals surface area contributed by atoms with E-state index in [0.717, 1.165) is 61.0 Å². The summed E-state index contributed by atoms with van der Waals surface area (Å²) in [7, 11) is 0. The van der Waals surface area contributed by atoms with Gasteiger partial charge in [0, 0.05) is 50.5 Å². The van der Waals surface area contributed by atoms with Crippen LogP contribution in [0.3, 0.4) is 0 Å². The van der Waals surface area contributed by atoms with Crippen LogP contribution in [0.4, 0.5) is 47.3 Å². The highest BCUT2D eigenvalue weighted by Gasteiger charge is 2.37. The van der Waals surface area contributed by atoms with Gasteiger partial charge in [0.05, 0.1) is 24.3 Å². The van der Waals surface area contributed by atoms with Crippen LogP contribution in [0.15, 0.2) is 60.7 Å². The van der Waals surface area contributed by atoms with Gasteiger partial charge in [-0.1, -0.05) is 31.0 Å². The smallest absolute Gasteiger partial charge is 0.416 e. The topological polar surface area (TPSA) is 98.4 Å². The van der Waals surface area contributed by atoms with Crippen molar-refractivity contribution in [1.82, 2.24) is 4.90 Å². The molecule has 2 aliphatic rings. The number of carbonyl (C=O) groups is 2. The SMILES string of the molecule is CC1(C)OCc2cc([C@@H]3CN(CCCCCCOCCCCc4cccc(NC(=O)Nc5cc(C(F)(F)F)cc(C(F)(F)F)c5)c4)C(=O)O3)ccc2O1. The first-order valence-electron chi connectivity index (χ1n) is 17.5. The summed E-state index contributed by atoms with van der Waals surface area (Å²) in [5, 5.41) is 4.51. The van der Waals surface area contributed by atoms with Crippen molar-refractivity contribution >= 4 is 23.5 Å². The monoisotopic (exact) mass is 751 g/mol. The van der Waals surface area contributed by atoms with Crippen molar-refractivity contribution in [3.05, 3.63) is 88.5 Å². The Bertz CT molecular complexity index is 1700. The zero-order chi connectivity index (χ0) is 38.2. The van der Waals surface area contributed by atoms with E-state index in [1.807, 2.05) is 38.1 Å². The van der Waals surface area contributed by atoms with Gasteiger partial charge in [-0.05, 0) is 85.7 Å². The molecule has 1 fully saturated rings. The molecule has 5 rings (SSSR count). The first-order chi connectivity index (χ1) is 25.1. The summed E-state index contributed by atoms with van der Waals surface area (Å²) in [4.78, 5) is 26.6. The first kappa shape index (κ1) is 39.7. The van der Waals surface area contributed by atoms with Crippen LogP contribution < -0.4 is 15.4 Å². The predicted octanol–water partition coefficient (Wildman–Crippen LogP) is 10.1. The van der Waals surface area contributed by atoms with Gasteiger partial charge in [0.15, 0.2) is 0 Å². The number of unbranched alkanes of at least 4 members (excludes halogenated alkanes) is 4. The molecule has 0 bridgehead atoms. The Hall–Kier alpha value is -4.50. The lowest BCUT2D eigenvalue weighted by Gasteiger charge is -2.32. The molecule has 3 amide bonds. The number of benzene rings is 3. The van der Waals surface area contributed by atoms with Crippen molar-refractivity contribution in [3.8, 4) is 5.75 Å². The standard InChI is InChI=1S/C38H43F6N3O6/c1-36(2)51-24-27-19-26(13-14-32(27)53-36)33-23-47(35(49)52-33)15-6-3-4-7-16-50-17-8-5-10-25-11-9-12-30(18-25)45-34(48)46-31-21-28(37(39,40)41)20-29(22-31)38(42,43)44/h9,11-14,18-22,33H,3-8,10,15-17,23-24H2,1-2H3,(H2,45,46,48)/t33-/m0/s1. The Morgan fingerprint density at radius 2 is 1.53 bits per heavy atom. The number of alkyl halides is 6. The lowest BCUT2D eigenvalue weighted by atomic mass is 10.0. The lowest BCUT2D eigenvalue weighted by Crippen LogP contribution is -2.35. The van der Waals surface area contributed by atoms with Gasteiger partial charge in [-0.15, -0.1) is 0 Å². The zero-order valence-electron chi connectivity index (χ0n) is 29.5. The first-order valence-corrected chi connectivity index (χ1v) is 17.5. The number of hydrogen-bond acceptors (Lipinski definition) is 6. The van der Waals surface area contributed by atoms with E-state index in [1.165, 1.54) is 0 Å². The average molecular weight is 752 g/mol. The summed E-state index contributed by atoms with van der Waals surface area (Å²) in [6.45, 7) is 6.50. The molecule has 288 valence electrons. The maximum Gasteiger partial charge on any atom is 0.416 e. The van der Waals surface area contributed by atoms with Gasteiger partial charge in [0.25, 0.3) is 0 Å². The van der Waals surface area contributed by atoms with E-state index < -0.39 is 41.0 Å². The second kappa shape index (κ2) is 17.1. The highest BCUT2D eigenvalue weighted by atomic mass is 19.4. The van der Waals surface area contributed by atoms with Crippen LogP contribution in [-0.4, -0.2) is 49.1 Å². The minimum atomic E-state index is -5.03.